The number of para-hydroxylation sites is 1. The zero-order valence-corrected chi connectivity index (χ0v) is 16.0. The molecule has 1 heterocycles. The van der Waals surface area contributed by atoms with Crippen LogP contribution in [0, 0.1) is 0 Å². The topological polar surface area (TPSA) is 41.5 Å². The van der Waals surface area contributed by atoms with Crippen LogP contribution in [-0.2, 0) is 0 Å². The summed E-state index contributed by atoms with van der Waals surface area (Å²) in [6, 6.07) is 25.0. The maximum atomic E-state index is 12.8. The minimum atomic E-state index is -0.0197. The third kappa shape index (κ3) is 4.24. The summed E-state index contributed by atoms with van der Waals surface area (Å²) in [4.78, 5) is 17.5. The van der Waals surface area contributed by atoms with Crippen molar-refractivity contribution in [3.63, 3.8) is 0 Å². The van der Waals surface area contributed by atoms with Gasteiger partial charge in [-0.3, -0.25) is 4.79 Å². The van der Waals surface area contributed by atoms with Crippen LogP contribution in [0.1, 0.15) is 27.6 Å². The van der Waals surface area contributed by atoms with Crippen molar-refractivity contribution in [1.82, 2.24) is 0 Å². The first-order valence-corrected chi connectivity index (χ1v) is 9.90. The number of benzene rings is 3. The third-order valence-corrected chi connectivity index (χ3v) is 5.66. The first-order valence-electron chi connectivity index (χ1n) is 8.64. The average molecular weight is 393 g/mol. The largest absolute Gasteiger partial charge is 0.335 e. The van der Waals surface area contributed by atoms with E-state index in [4.69, 9.17) is 16.6 Å². The van der Waals surface area contributed by atoms with Gasteiger partial charge in [-0.1, -0.05) is 78.0 Å². The Labute approximate surface area is 167 Å². The molecule has 4 rings (SSSR count). The van der Waals surface area contributed by atoms with Crippen LogP contribution in [0.25, 0.3) is 0 Å². The van der Waals surface area contributed by atoms with Crippen molar-refractivity contribution >= 4 is 45.7 Å². The minimum Gasteiger partial charge on any atom is -0.335 e. The molecule has 27 heavy (non-hydrogen) atoms. The van der Waals surface area contributed by atoms with Gasteiger partial charge in [0.2, 0.25) is 0 Å². The predicted molar refractivity (Wildman–Crippen MR) is 114 cm³/mol. The zero-order valence-electron chi connectivity index (χ0n) is 14.4. The highest BCUT2D eigenvalue weighted by atomic mass is 35.5. The van der Waals surface area contributed by atoms with E-state index in [1.807, 2.05) is 78.9 Å². The Bertz CT molecular complexity index is 990. The van der Waals surface area contributed by atoms with Crippen LogP contribution < -0.4 is 5.32 Å². The molecule has 0 amide bonds. The SMILES string of the molecule is O=C(CC1SC(Nc2ccccc2)=Nc2cc(Cl)ccc21)c1ccccc1. The van der Waals surface area contributed by atoms with Crippen molar-refractivity contribution in [2.24, 2.45) is 4.99 Å². The van der Waals surface area contributed by atoms with Crippen LogP contribution in [0.15, 0.2) is 83.9 Å². The van der Waals surface area contributed by atoms with E-state index in [9.17, 15) is 4.79 Å². The molecule has 1 aliphatic heterocycles. The number of amidine groups is 1. The van der Waals surface area contributed by atoms with Gasteiger partial charge in [0, 0.05) is 27.9 Å². The molecule has 3 aromatic rings. The molecule has 0 aromatic heterocycles. The molecule has 0 saturated heterocycles. The summed E-state index contributed by atoms with van der Waals surface area (Å²) in [6.07, 6.45) is 0.402. The second kappa shape index (κ2) is 7.99. The van der Waals surface area contributed by atoms with E-state index in [0.29, 0.717) is 11.4 Å². The van der Waals surface area contributed by atoms with E-state index in [1.165, 1.54) is 0 Å². The van der Waals surface area contributed by atoms with Crippen LogP contribution in [0.4, 0.5) is 11.4 Å². The van der Waals surface area contributed by atoms with E-state index in [-0.39, 0.29) is 11.0 Å². The molecule has 0 radical (unpaired) electrons. The molecule has 1 aliphatic rings. The lowest BCUT2D eigenvalue weighted by Crippen LogP contribution is -2.16. The number of ketones is 1. The first kappa shape index (κ1) is 17.8. The Morgan fingerprint density at radius 1 is 1.00 bits per heavy atom. The Morgan fingerprint density at radius 3 is 2.44 bits per heavy atom. The monoisotopic (exact) mass is 392 g/mol. The van der Waals surface area contributed by atoms with Crippen molar-refractivity contribution in [3.05, 3.63) is 95.0 Å². The molecule has 5 heteroatoms. The summed E-state index contributed by atoms with van der Waals surface area (Å²) in [5.41, 5.74) is 3.54. The van der Waals surface area contributed by atoms with E-state index < -0.39 is 0 Å². The molecule has 3 nitrogen and oxygen atoms in total. The van der Waals surface area contributed by atoms with Gasteiger partial charge in [-0.15, -0.1) is 0 Å². The average Bonchev–Trinajstić information content (AvgIpc) is 2.69. The smallest absolute Gasteiger partial charge is 0.166 e. The van der Waals surface area contributed by atoms with Gasteiger partial charge in [0.1, 0.15) is 0 Å². The molecule has 1 N–H and O–H groups in total. The van der Waals surface area contributed by atoms with E-state index in [0.717, 1.165) is 27.7 Å². The third-order valence-electron chi connectivity index (χ3n) is 4.31. The quantitative estimate of drug-likeness (QED) is 0.515. The highest BCUT2D eigenvalue weighted by Gasteiger charge is 2.26. The number of hydrogen-bond acceptors (Lipinski definition) is 4. The number of nitrogens with zero attached hydrogens (tertiary/aromatic N) is 1. The lowest BCUT2D eigenvalue weighted by atomic mass is 10.0. The second-order valence-electron chi connectivity index (χ2n) is 6.21. The van der Waals surface area contributed by atoms with Gasteiger partial charge < -0.3 is 5.32 Å². The minimum absolute atomic E-state index is 0.0197. The van der Waals surface area contributed by atoms with Crippen LogP contribution in [0.3, 0.4) is 0 Å². The number of nitrogens with one attached hydrogen (secondary N) is 1. The summed E-state index contributed by atoms with van der Waals surface area (Å²) in [5.74, 6) is 0.120. The van der Waals surface area contributed by atoms with Crippen molar-refractivity contribution in [1.29, 1.82) is 0 Å². The summed E-state index contributed by atoms with van der Waals surface area (Å²) in [7, 11) is 0. The molecular formula is C22H17ClN2OS. The number of halogens is 1. The Hall–Kier alpha value is -2.56. The van der Waals surface area contributed by atoms with Crippen LogP contribution in [-0.4, -0.2) is 11.0 Å². The van der Waals surface area contributed by atoms with Gasteiger partial charge in [-0.05, 0) is 29.8 Å². The standard InChI is InChI=1S/C22H17ClN2OS/c23-16-11-12-18-19(13-16)25-22(24-17-9-5-2-6-10-17)27-21(18)14-20(26)15-7-3-1-4-8-15/h1-13,21H,14H2,(H,24,25). The lowest BCUT2D eigenvalue weighted by Gasteiger charge is -2.24. The molecule has 0 saturated carbocycles. The van der Waals surface area contributed by atoms with E-state index >= 15 is 0 Å². The first-order chi connectivity index (χ1) is 13.2. The summed E-state index contributed by atoms with van der Waals surface area (Å²) in [5, 5.41) is 4.72. The van der Waals surface area contributed by atoms with Crippen LogP contribution >= 0.6 is 23.4 Å². The van der Waals surface area contributed by atoms with Gasteiger partial charge in [-0.2, -0.15) is 0 Å². The van der Waals surface area contributed by atoms with E-state index in [2.05, 4.69) is 5.32 Å². The highest BCUT2D eigenvalue weighted by Crippen LogP contribution is 2.44. The fourth-order valence-corrected chi connectivity index (χ4v) is 4.31. The number of anilines is 1. The maximum Gasteiger partial charge on any atom is 0.166 e. The van der Waals surface area contributed by atoms with Crippen LogP contribution in [0.5, 0.6) is 0 Å². The van der Waals surface area contributed by atoms with Crippen molar-refractivity contribution in [3.8, 4) is 0 Å². The maximum absolute atomic E-state index is 12.8. The van der Waals surface area contributed by atoms with Gasteiger partial charge in [0.05, 0.1) is 5.69 Å². The van der Waals surface area contributed by atoms with Gasteiger partial charge in [0.15, 0.2) is 11.0 Å². The number of rotatable bonds is 4. The highest BCUT2D eigenvalue weighted by molar-refractivity contribution is 8.14. The number of aliphatic imine (C=N–C) groups is 1. The number of carbonyl (C=O) groups excluding carboxylic acids is 1. The molecule has 0 fully saturated rings. The number of fused-ring (bicyclic) bond motifs is 1. The molecule has 3 aromatic carbocycles. The van der Waals surface area contributed by atoms with Crippen LogP contribution in [0.2, 0.25) is 5.02 Å². The number of hydrogen-bond donors (Lipinski definition) is 1. The molecule has 1 unspecified atom stereocenters. The molecule has 0 spiro atoms. The molecule has 134 valence electrons. The Kier molecular flexibility index (Phi) is 5.28. The summed E-state index contributed by atoms with van der Waals surface area (Å²) >= 11 is 7.74. The zero-order chi connectivity index (χ0) is 18.6. The second-order valence-corrected chi connectivity index (χ2v) is 7.84. The summed E-state index contributed by atoms with van der Waals surface area (Å²) < 4.78 is 0. The predicted octanol–water partition coefficient (Wildman–Crippen LogP) is 6.50. The fraction of sp³-hybridized carbons (Fsp3) is 0.0909. The molecular weight excluding hydrogens is 376 g/mol. The normalized spacial score (nSPS) is 15.6. The van der Waals surface area contributed by atoms with Crippen molar-refractivity contribution in [2.75, 3.05) is 5.32 Å². The van der Waals surface area contributed by atoms with Gasteiger partial charge in [-0.25, -0.2) is 4.99 Å². The van der Waals surface area contributed by atoms with Gasteiger partial charge in [0.25, 0.3) is 0 Å². The Balaban J connectivity index is 1.62. The number of thioether (sulfide) groups is 1. The lowest BCUT2D eigenvalue weighted by molar-refractivity contribution is 0.0982. The number of Topliss-reactive ketones (excluding diaryl/α,β-unsaturated/α-hetero) is 1. The molecule has 0 bridgehead atoms. The van der Waals surface area contributed by atoms with Gasteiger partial charge >= 0.3 is 0 Å². The fourth-order valence-electron chi connectivity index (χ4n) is 2.98. The van der Waals surface area contributed by atoms with E-state index in [1.54, 1.807) is 11.8 Å². The molecule has 0 aliphatic carbocycles. The van der Waals surface area contributed by atoms with Crippen molar-refractivity contribution in [2.45, 2.75) is 11.7 Å². The number of carbonyl (C=O) groups is 1. The summed E-state index contributed by atoms with van der Waals surface area (Å²) in [6.45, 7) is 0. The Morgan fingerprint density at radius 2 is 1.70 bits per heavy atom. The molecule has 1 atom stereocenters. The van der Waals surface area contributed by atoms with Crippen molar-refractivity contribution < 1.29 is 4.79 Å².